The van der Waals surface area contributed by atoms with E-state index in [1.807, 2.05) is 13.0 Å². The lowest BCUT2D eigenvalue weighted by Gasteiger charge is -2.18. The summed E-state index contributed by atoms with van der Waals surface area (Å²) in [7, 11) is 0. The van der Waals surface area contributed by atoms with Crippen LogP contribution in [0.1, 0.15) is 51.3 Å². The summed E-state index contributed by atoms with van der Waals surface area (Å²) in [6, 6.07) is 8.88. The van der Waals surface area contributed by atoms with Gasteiger partial charge in [0.25, 0.3) is 0 Å². The average Bonchev–Trinajstić information content (AvgIpc) is 2.37. The summed E-state index contributed by atoms with van der Waals surface area (Å²) >= 11 is 0. The number of rotatable bonds is 7. The minimum absolute atomic E-state index is 0.216. The molecule has 0 aromatic heterocycles. The van der Waals surface area contributed by atoms with Gasteiger partial charge >= 0.3 is 0 Å². The standard InChI is InChI=1S/C14H22O/c1-3-5-10-13(9-4-2)15-14-11-7-6-8-12-14/h6-8,11-13H,3-5,9-10H2,1-2H3/i9D2,10D2. The van der Waals surface area contributed by atoms with Crippen molar-refractivity contribution < 1.29 is 10.2 Å². The molecular formula is C14H22O. The molecule has 1 heteroatoms. The Balaban J connectivity index is 3.00. The molecule has 1 atom stereocenters. The van der Waals surface area contributed by atoms with Crippen LogP contribution in [0.2, 0.25) is 0 Å². The first-order chi connectivity index (χ1) is 8.83. The van der Waals surface area contributed by atoms with Crippen LogP contribution in [0.3, 0.4) is 0 Å². The van der Waals surface area contributed by atoms with Crippen molar-refractivity contribution in [3.8, 4) is 5.75 Å². The molecule has 1 aromatic rings. The van der Waals surface area contributed by atoms with Crippen LogP contribution in [-0.4, -0.2) is 6.10 Å². The van der Waals surface area contributed by atoms with Crippen molar-refractivity contribution in [1.29, 1.82) is 0 Å². The highest BCUT2D eigenvalue weighted by Gasteiger charge is 2.08. The number of benzene rings is 1. The largest absolute Gasteiger partial charge is 0.490 e. The molecule has 0 radical (unpaired) electrons. The van der Waals surface area contributed by atoms with Gasteiger partial charge in [-0.2, -0.15) is 0 Å². The SMILES string of the molecule is [2H]C([2H])(CC)C(Oc1ccccc1)C([2H])([2H])CCC. The molecule has 0 N–H and O–H groups in total. The third kappa shape index (κ3) is 4.87. The normalized spacial score (nSPS) is 18.3. The fourth-order valence-corrected chi connectivity index (χ4v) is 1.25. The fraction of sp³-hybridized carbons (Fsp3) is 0.571. The van der Waals surface area contributed by atoms with E-state index < -0.39 is 18.8 Å². The third-order valence-corrected chi connectivity index (χ3v) is 1.97. The molecule has 15 heavy (non-hydrogen) atoms. The van der Waals surface area contributed by atoms with Crippen LogP contribution in [0.4, 0.5) is 0 Å². The molecule has 0 spiro atoms. The minimum atomic E-state index is -1.70. The Kier molecular flexibility index (Phi) is 3.58. The quantitative estimate of drug-likeness (QED) is 0.647. The van der Waals surface area contributed by atoms with Crippen molar-refractivity contribution in [3.63, 3.8) is 0 Å². The van der Waals surface area contributed by atoms with Gasteiger partial charge in [0.15, 0.2) is 0 Å². The molecule has 0 saturated heterocycles. The van der Waals surface area contributed by atoms with Crippen molar-refractivity contribution in [2.24, 2.45) is 0 Å². The number of hydrogen-bond acceptors (Lipinski definition) is 1. The maximum Gasteiger partial charge on any atom is 0.119 e. The minimum Gasteiger partial charge on any atom is -0.490 e. The lowest BCUT2D eigenvalue weighted by Crippen LogP contribution is -2.15. The predicted octanol–water partition coefficient (Wildman–Crippen LogP) is 4.42. The summed E-state index contributed by atoms with van der Waals surface area (Å²) in [5, 5.41) is 0. The van der Waals surface area contributed by atoms with Crippen molar-refractivity contribution in [1.82, 2.24) is 0 Å². The zero-order chi connectivity index (χ0) is 14.5. The molecule has 0 heterocycles. The van der Waals surface area contributed by atoms with Gasteiger partial charge in [-0.25, -0.2) is 0 Å². The third-order valence-electron chi connectivity index (χ3n) is 1.97. The van der Waals surface area contributed by atoms with Gasteiger partial charge in [0, 0.05) is 5.48 Å². The maximum absolute atomic E-state index is 8.09. The van der Waals surface area contributed by atoms with Crippen LogP contribution >= 0.6 is 0 Å². The maximum atomic E-state index is 8.09. The van der Waals surface area contributed by atoms with E-state index >= 15 is 0 Å². The molecule has 0 aliphatic carbocycles. The van der Waals surface area contributed by atoms with Crippen LogP contribution < -0.4 is 4.74 Å². The Labute approximate surface area is 99.1 Å². The molecule has 1 rings (SSSR count). The first-order valence-corrected chi connectivity index (χ1v) is 5.55. The van der Waals surface area contributed by atoms with E-state index in [1.165, 1.54) is 0 Å². The lowest BCUT2D eigenvalue weighted by atomic mass is 10.1. The summed E-state index contributed by atoms with van der Waals surface area (Å²) in [5.41, 5.74) is 0. The summed E-state index contributed by atoms with van der Waals surface area (Å²) in [6.07, 6.45) is -3.34. The van der Waals surface area contributed by atoms with Crippen LogP contribution in [-0.2, 0) is 0 Å². The van der Waals surface area contributed by atoms with E-state index in [4.69, 9.17) is 10.2 Å². The molecule has 0 bridgehead atoms. The predicted molar refractivity (Wildman–Crippen MR) is 65.3 cm³/mol. The van der Waals surface area contributed by atoms with Crippen LogP contribution in [0.15, 0.2) is 30.3 Å². The first-order valence-electron chi connectivity index (χ1n) is 7.55. The molecule has 0 fully saturated rings. The molecule has 0 aliphatic rings. The Morgan fingerprint density at radius 3 is 2.47 bits per heavy atom. The Hall–Kier alpha value is -0.980. The lowest BCUT2D eigenvalue weighted by molar-refractivity contribution is 0.176. The molecule has 1 nitrogen and oxygen atoms in total. The molecule has 1 aromatic carbocycles. The molecule has 1 unspecified atom stereocenters. The highest BCUT2D eigenvalue weighted by atomic mass is 16.5. The van der Waals surface area contributed by atoms with Gasteiger partial charge in [0.05, 0.1) is 6.10 Å². The van der Waals surface area contributed by atoms with E-state index in [2.05, 4.69) is 0 Å². The van der Waals surface area contributed by atoms with Gasteiger partial charge in [-0.15, -0.1) is 0 Å². The monoisotopic (exact) mass is 210 g/mol. The van der Waals surface area contributed by atoms with Gasteiger partial charge < -0.3 is 4.74 Å². The fourth-order valence-electron chi connectivity index (χ4n) is 1.25. The summed E-state index contributed by atoms with van der Waals surface area (Å²) in [4.78, 5) is 0. The van der Waals surface area contributed by atoms with Crippen molar-refractivity contribution >= 4 is 0 Å². The van der Waals surface area contributed by atoms with E-state index in [-0.39, 0.29) is 12.8 Å². The van der Waals surface area contributed by atoms with E-state index in [9.17, 15) is 0 Å². The second-order valence-electron chi connectivity index (χ2n) is 3.32. The van der Waals surface area contributed by atoms with Crippen LogP contribution in [0.25, 0.3) is 0 Å². The molecule has 0 saturated carbocycles. The summed E-state index contributed by atoms with van der Waals surface area (Å²) < 4.78 is 37.9. The zero-order valence-electron chi connectivity index (χ0n) is 13.5. The molecule has 0 amide bonds. The number of ether oxygens (including phenoxy) is 1. The van der Waals surface area contributed by atoms with Crippen LogP contribution in [0, 0.1) is 0 Å². The van der Waals surface area contributed by atoms with Crippen molar-refractivity contribution in [2.75, 3.05) is 0 Å². The van der Waals surface area contributed by atoms with Crippen molar-refractivity contribution in [2.45, 2.75) is 52.0 Å². The van der Waals surface area contributed by atoms with E-state index in [0.717, 1.165) is 0 Å². The van der Waals surface area contributed by atoms with Gasteiger partial charge in [-0.05, 0) is 24.9 Å². The second-order valence-corrected chi connectivity index (χ2v) is 3.32. The topological polar surface area (TPSA) is 9.23 Å². The molecular weight excluding hydrogens is 184 g/mol. The first kappa shape index (κ1) is 7.32. The highest BCUT2D eigenvalue weighted by molar-refractivity contribution is 5.21. The second kappa shape index (κ2) is 7.33. The smallest absolute Gasteiger partial charge is 0.119 e. The van der Waals surface area contributed by atoms with Crippen molar-refractivity contribution in [3.05, 3.63) is 30.3 Å². The van der Waals surface area contributed by atoms with E-state index in [1.54, 1.807) is 31.2 Å². The zero-order valence-corrected chi connectivity index (χ0v) is 9.49. The Bertz CT molecular complexity index is 378. The Morgan fingerprint density at radius 2 is 1.87 bits per heavy atom. The van der Waals surface area contributed by atoms with E-state index in [0.29, 0.717) is 12.2 Å². The van der Waals surface area contributed by atoms with Gasteiger partial charge in [0.1, 0.15) is 5.75 Å². The number of para-hydroxylation sites is 1. The summed E-state index contributed by atoms with van der Waals surface area (Å²) in [5.74, 6) is 0.504. The van der Waals surface area contributed by atoms with Gasteiger partial charge in [-0.1, -0.05) is 51.3 Å². The molecule has 0 aliphatic heterocycles. The number of hydrogen-bond donors (Lipinski definition) is 0. The highest BCUT2D eigenvalue weighted by Crippen LogP contribution is 2.17. The van der Waals surface area contributed by atoms with Crippen LogP contribution in [0.5, 0.6) is 5.75 Å². The Morgan fingerprint density at radius 1 is 1.13 bits per heavy atom. The molecule has 84 valence electrons. The van der Waals surface area contributed by atoms with Gasteiger partial charge in [0.2, 0.25) is 0 Å². The summed E-state index contributed by atoms with van der Waals surface area (Å²) in [6.45, 7) is 3.60. The van der Waals surface area contributed by atoms with Gasteiger partial charge in [-0.3, -0.25) is 0 Å². The average molecular weight is 210 g/mol.